The standard InChI is InChI=1S/C13H24N6OS/c1-10(21(3)20)9-15-12-16-11(14-2)17-13(18-12)19-7-5-4-6-8-19/h10H,4-9H2,1-3H3,(H2,14,15,16,17,18). The van der Waals surface area contributed by atoms with Crippen LogP contribution < -0.4 is 15.5 Å². The summed E-state index contributed by atoms with van der Waals surface area (Å²) in [4.78, 5) is 15.4. The zero-order valence-corrected chi connectivity index (χ0v) is 13.7. The van der Waals surface area contributed by atoms with E-state index in [-0.39, 0.29) is 5.25 Å². The van der Waals surface area contributed by atoms with Crippen LogP contribution in [0.4, 0.5) is 17.8 Å². The van der Waals surface area contributed by atoms with Crippen molar-refractivity contribution in [1.82, 2.24) is 15.0 Å². The molecular formula is C13H24N6OS. The smallest absolute Gasteiger partial charge is 0.231 e. The molecule has 2 rings (SSSR count). The minimum Gasteiger partial charge on any atom is -0.357 e. The van der Waals surface area contributed by atoms with E-state index in [1.54, 1.807) is 13.3 Å². The summed E-state index contributed by atoms with van der Waals surface area (Å²) in [7, 11) is 0.934. The van der Waals surface area contributed by atoms with Gasteiger partial charge < -0.3 is 15.5 Å². The fourth-order valence-electron chi connectivity index (χ4n) is 2.14. The second kappa shape index (κ2) is 7.53. The highest BCUT2D eigenvalue weighted by molar-refractivity contribution is 7.84. The second-order valence-corrected chi connectivity index (χ2v) is 7.07. The van der Waals surface area contributed by atoms with Crippen LogP contribution in [0.5, 0.6) is 0 Å². The molecule has 2 atom stereocenters. The Morgan fingerprint density at radius 1 is 1.19 bits per heavy atom. The zero-order chi connectivity index (χ0) is 15.2. The third kappa shape index (κ3) is 4.52. The molecule has 0 aromatic carbocycles. The number of aromatic nitrogens is 3. The molecule has 1 aliphatic rings. The Labute approximate surface area is 128 Å². The first-order valence-electron chi connectivity index (χ1n) is 7.35. The van der Waals surface area contributed by atoms with Crippen LogP contribution in [-0.4, -0.2) is 57.3 Å². The van der Waals surface area contributed by atoms with Crippen LogP contribution in [0, 0.1) is 0 Å². The quantitative estimate of drug-likeness (QED) is 0.813. The SMILES string of the molecule is CNc1nc(NCC(C)S(C)=O)nc(N2CCCCC2)n1. The maximum absolute atomic E-state index is 11.4. The predicted octanol–water partition coefficient (Wildman–Crippen LogP) is 1.08. The highest BCUT2D eigenvalue weighted by Gasteiger charge is 2.16. The van der Waals surface area contributed by atoms with Crippen molar-refractivity contribution in [1.29, 1.82) is 0 Å². The van der Waals surface area contributed by atoms with E-state index in [0.717, 1.165) is 13.1 Å². The number of nitrogens with zero attached hydrogens (tertiary/aromatic N) is 4. The van der Waals surface area contributed by atoms with Crippen LogP contribution in [0.1, 0.15) is 26.2 Å². The summed E-state index contributed by atoms with van der Waals surface area (Å²) in [6.07, 6.45) is 5.33. The van der Waals surface area contributed by atoms with E-state index < -0.39 is 10.8 Å². The summed E-state index contributed by atoms with van der Waals surface area (Å²) in [6.45, 7) is 4.49. The molecule has 1 saturated heterocycles. The van der Waals surface area contributed by atoms with Gasteiger partial charge in [-0.05, 0) is 26.2 Å². The van der Waals surface area contributed by atoms with Gasteiger partial charge in [-0.3, -0.25) is 4.21 Å². The number of nitrogens with one attached hydrogen (secondary N) is 2. The van der Waals surface area contributed by atoms with Crippen LogP contribution in [-0.2, 0) is 10.8 Å². The summed E-state index contributed by atoms with van der Waals surface area (Å²) < 4.78 is 11.4. The van der Waals surface area contributed by atoms with E-state index in [4.69, 9.17) is 0 Å². The summed E-state index contributed by atoms with van der Waals surface area (Å²) >= 11 is 0. The third-order valence-corrected chi connectivity index (χ3v) is 4.90. The van der Waals surface area contributed by atoms with Gasteiger partial charge in [0.05, 0.1) is 0 Å². The molecule has 2 unspecified atom stereocenters. The first-order chi connectivity index (χ1) is 10.1. The lowest BCUT2D eigenvalue weighted by atomic mass is 10.1. The zero-order valence-electron chi connectivity index (χ0n) is 12.9. The number of hydrogen-bond acceptors (Lipinski definition) is 7. The number of hydrogen-bond donors (Lipinski definition) is 2. The van der Waals surface area contributed by atoms with Crippen LogP contribution in [0.2, 0.25) is 0 Å². The molecule has 2 N–H and O–H groups in total. The van der Waals surface area contributed by atoms with Crippen LogP contribution >= 0.6 is 0 Å². The van der Waals surface area contributed by atoms with Crippen LogP contribution in [0.25, 0.3) is 0 Å². The first-order valence-corrected chi connectivity index (χ1v) is 8.97. The Morgan fingerprint density at radius 2 is 1.86 bits per heavy atom. The van der Waals surface area contributed by atoms with Gasteiger partial charge in [-0.15, -0.1) is 0 Å². The van der Waals surface area contributed by atoms with Crippen molar-refractivity contribution in [2.75, 3.05) is 48.5 Å². The van der Waals surface area contributed by atoms with Gasteiger partial charge in [-0.25, -0.2) is 0 Å². The first kappa shape index (κ1) is 15.9. The van der Waals surface area contributed by atoms with Crippen molar-refractivity contribution in [3.63, 3.8) is 0 Å². The molecule has 0 aliphatic carbocycles. The highest BCUT2D eigenvalue weighted by atomic mass is 32.2. The largest absolute Gasteiger partial charge is 0.357 e. The lowest BCUT2D eigenvalue weighted by molar-refractivity contribution is 0.568. The maximum Gasteiger partial charge on any atom is 0.231 e. The molecule has 0 saturated carbocycles. The summed E-state index contributed by atoms with van der Waals surface area (Å²) in [5.41, 5.74) is 0. The fraction of sp³-hybridized carbons (Fsp3) is 0.769. The minimum absolute atomic E-state index is 0.0539. The number of rotatable bonds is 6. The molecule has 21 heavy (non-hydrogen) atoms. The van der Waals surface area contributed by atoms with Gasteiger partial charge in [-0.1, -0.05) is 0 Å². The van der Waals surface area contributed by atoms with Crippen molar-refractivity contribution < 1.29 is 4.21 Å². The van der Waals surface area contributed by atoms with Gasteiger partial charge in [0.1, 0.15) is 0 Å². The van der Waals surface area contributed by atoms with E-state index in [1.807, 2.05) is 6.92 Å². The van der Waals surface area contributed by atoms with Gasteiger partial charge in [0.2, 0.25) is 17.8 Å². The Kier molecular flexibility index (Phi) is 5.72. The number of piperidine rings is 1. The Hall–Kier alpha value is -1.44. The van der Waals surface area contributed by atoms with E-state index in [1.165, 1.54) is 19.3 Å². The van der Waals surface area contributed by atoms with E-state index in [9.17, 15) is 4.21 Å². The van der Waals surface area contributed by atoms with Crippen LogP contribution in [0.15, 0.2) is 0 Å². The van der Waals surface area contributed by atoms with Crippen molar-refractivity contribution in [3.05, 3.63) is 0 Å². The average Bonchev–Trinajstić information content (AvgIpc) is 2.52. The minimum atomic E-state index is -0.860. The van der Waals surface area contributed by atoms with Crippen molar-refractivity contribution in [2.24, 2.45) is 0 Å². The summed E-state index contributed by atoms with van der Waals surface area (Å²) in [5, 5.41) is 6.18. The molecule has 1 aromatic heterocycles. The predicted molar refractivity (Wildman–Crippen MR) is 87.5 cm³/mol. The molecular weight excluding hydrogens is 288 g/mol. The monoisotopic (exact) mass is 312 g/mol. The van der Waals surface area contributed by atoms with E-state index in [2.05, 4.69) is 30.5 Å². The molecule has 0 amide bonds. The molecule has 0 bridgehead atoms. The lowest BCUT2D eigenvalue weighted by Crippen LogP contribution is -2.31. The molecule has 118 valence electrons. The number of anilines is 3. The van der Waals surface area contributed by atoms with Crippen LogP contribution in [0.3, 0.4) is 0 Å². The normalized spacial score (nSPS) is 18.1. The Bertz CT molecular complexity index is 492. The van der Waals surface area contributed by atoms with Gasteiger partial charge in [-0.2, -0.15) is 15.0 Å². The molecule has 1 fully saturated rings. The fourth-order valence-corrected chi connectivity index (χ4v) is 2.46. The van der Waals surface area contributed by atoms with E-state index in [0.29, 0.717) is 24.4 Å². The Balaban J connectivity index is 2.11. The Morgan fingerprint density at radius 3 is 2.48 bits per heavy atom. The molecule has 0 spiro atoms. The van der Waals surface area contributed by atoms with Gasteiger partial charge in [0.15, 0.2) is 0 Å². The molecule has 1 aliphatic heterocycles. The van der Waals surface area contributed by atoms with Crippen molar-refractivity contribution in [2.45, 2.75) is 31.4 Å². The molecule has 1 aromatic rings. The van der Waals surface area contributed by atoms with Gasteiger partial charge >= 0.3 is 0 Å². The average molecular weight is 312 g/mol. The molecule has 8 heteroatoms. The van der Waals surface area contributed by atoms with Gasteiger partial charge in [0, 0.05) is 49.0 Å². The lowest BCUT2D eigenvalue weighted by Gasteiger charge is -2.27. The molecule has 7 nitrogen and oxygen atoms in total. The molecule has 0 radical (unpaired) electrons. The van der Waals surface area contributed by atoms with Crippen molar-refractivity contribution in [3.8, 4) is 0 Å². The summed E-state index contributed by atoms with van der Waals surface area (Å²) in [6, 6.07) is 0. The topological polar surface area (TPSA) is 83.0 Å². The van der Waals surface area contributed by atoms with Crippen molar-refractivity contribution >= 4 is 28.6 Å². The second-order valence-electron chi connectivity index (χ2n) is 5.27. The maximum atomic E-state index is 11.4. The van der Waals surface area contributed by atoms with Gasteiger partial charge in [0.25, 0.3) is 0 Å². The van der Waals surface area contributed by atoms with E-state index >= 15 is 0 Å². The summed E-state index contributed by atoms with van der Waals surface area (Å²) in [5.74, 6) is 1.80. The third-order valence-electron chi connectivity index (χ3n) is 3.60. The molecule has 2 heterocycles. The highest BCUT2D eigenvalue weighted by Crippen LogP contribution is 2.18.